The molecule has 2 heteroatoms. The number of carbonyl (C=O) groups is 1. The second-order valence-electron chi connectivity index (χ2n) is 4.81. The van der Waals surface area contributed by atoms with Crippen LogP contribution in [-0.2, 0) is 4.79 Å². The number of carboxylic acid groups (broad SMARTS) is 1. The highest BCUT2D eigenvalue weighted by atomic mass is 16.4. The van der Waals surface area contributed by atoms with E-state index in [1.165, 1.54) is 32.1 Å². The Morgan fingerprint density at radius 1 is 1.46 bits per heavy atom. The summed E-state index contributed by atoms with van der Waals surface area (Å²) in [5, 5.41) is 8.89. The first kappa shape index (κ1) is 9.04. The normalized spacial score (nSPS) is 43.5. The molecule has 74 valence electrons. The topological polar surface area (TPSA) is 37.3 Å². The van der Waals surface area contributed by atoms with Crippen molar-refractivity contribution >= 4 is 5.97 Å². The van der Waals surface area contributed by atoms with Crippen LogP contribution in [0.4, 0.5) is 0 Å². The molecule has 0 aliphatic heterocycles. The van der Waals surface area contributed by atoms with Gasteiger partial charge in [0.05, 0.1) is 5.92 Å². The third-order valence-electron chi connectivity index (χ3n) is 4.17. The lowest BCUT2D eigenvalue weighted by atomic mass is 9.77. The van der Waals surface area contributed by atoms with Gasteiger partial charge in [0, 0.05) is 0 Å². The van der Waals surface area contributed by atoms with Gasteiger partial charge in [0.25, 0.3) is 0 Å². The van der Waals surface area contributed by atoms with Crippen molar-refractivity contribution in [2.75, 3.05) is 0 Å². The maximum atomic E-state index is 10.8. The predicted octanol–water partition coefficient (Wildman–Crippen LogP) is 2.68. The molecule has 0 heterocycles. The van der Waals surface area contributed by atoms with Crippen molar-refractivity contribution in [3.05, 3.63) is 0 Å². The fourth-order valence-corrected chi connectivity index (χ4v) is 2.91. The van der Waals surface area contributed by atoms with E-state index < -0.39 is 5.97 Å². The molecule has 1 atom stereocenters. The van der Waals surface area contributed by atoms with Gasteiger partial charge in [-0.15, -0.1) is 0 Å². The number of hydrogen-bond donors (Lipinski definition) is 1. The number of hydrogen-bond acceptors (Lipinski definition) is 1. The van der Waals surface area contributed by atoms with Crippen molar-refractivity contribution in [1.29, 1.82) is 0 Å². The van der Waals surface area contributed by atoms with Gasteiger partial charge in [-0.25, -0.2) is 0 Å². The van der Waals surface area contributed by atoms with Gasteiger partial charge in [-0.05, 0) is 43.4 Å². The molecule has 1 spiro atoms. The molecule has 2 saturated carbocycles. The number of carboxylic acids is 1. The Labute approximate surface area is 79.3 Å². The van der Waals surface area contributed by atoms with Crippen molar-refractivity contribution in [1.82, 2.24) is 0 Å². The van der Waals surface area contributed by atoms with Gasteiger partial charge >= 0.3 is 5.97 Å². The van der Waals surface area contributed by atoms with Crippen LogP contribution in [0.15, 0.2) is 0 Å². The van der Waals surface area contributed by atoms with Crippen molar-refractivity contribution in [3.63, 3.8) is 0 Å². The van der Waals surface area contributed by atoms with E-state index in [0.29, 0.717) is 0 Å². The first-order chi connectivity index (χ1) is 6.18. The molecule has 2 fully saturated rings. The van der Waals surface area contributed by atoms with Crippen molar-refractivity contribution in [2.24, 2.45) is 17.3 Å². The van der Waals surface area contributed by atoms with Gasteiger partial charge in [0.2, 0.25) is 0 Å². The second-order valence-corrected chi connectivity index (χ2v) is 4.81. The van der Waals surface area contributed by atoms with Crippen LogP contribution in [0.2, 0.25) is 0 Å². The van der Waals surface area contributed by atoms with E-state index in [9.17, 15) is 4.79 Å². The Hall–Kier alpha value is -0.530. The van der Waals surface area contributed by atoms with Gasteiger partial charge in [0.15, 0.2) is 0 Å². The summed E-state index contributed by atoms with van der Waals surface area (Å²) >= 11 is 0. The zero-order valence-corrected chi connectivity index (χ0v) is 8.25. The summed E-state index contributed by atoms with van der Waals surface area (Å²) in [6, 6.07) is 0. The van der Waals surface area contributed by atoms with E-state index in [1.54, 1.807) is 0 Å². The summed E-state index contributed by atoms with van der Waals surface area (Å²) in [4.78, 5) is 10.8. The largest absolute Gasteiger partial charge is 0.481 e. The van der Waals surface area contributed by atoms with Crippen LogP contribution in [0, 0.1) is 17.3 Å². The van der Waals surface area contributed by atoms with Gasteiger partial charge in [-0.2, -0.15) is 0 Å². The summed E-state index contributed by atoms with van der Waals surface area (Å²) in [5.74, 6) is 0.320. The Morgan fingerprint density at radius 3 is 2.46 bits per heavy atom. The summed E-state index contributed by atoms with van der Waals surface area (Å²) in [6.07, 6.45) is 7.10. The molecule has 2 aliphatic rings. The van der Waals surface area contributed by atoms with Crippen LogP contribution in [0.1, 0.15) is 45.4 Å². The molecule has 0 unspecified atom stereocenters. The Balaban J connectivity index is 1.89. The van der Waals surface area contributed by atoms with Crippen LogP contribution in [0.25, 0.3) is 0 Å². The van der Waals surface area contributed by atoms with Gasteiger partial charge in [0.1, 0.15) is 0 Å². The molecule has 2 rings (SSSR count). The number of rotatable bonds is 2. The lowest BCUT2D eigenvalue weighted by molar-refractivity contribution is -0.139. The van der Waals surface area contributed by atoms with Crippen LogP contribution in [-0.4, -0.2) is 11.1 Å². The molecular weight excluding hydrogens is 164 g/mol. The van der Waals surface area contributed by atoms with E-state index in [0.717, 1.165) is 12.3 Å². The standard InChI is InChI=1S/C11H18O2/c1-2-8-3-5-11(6-4-8)7-9(11)10(12)13/h8-9H,2-7H2,1H3,(H,12,13)/t8?,9-,11?/m0/s1. The molecule has 13 heavy (non-hydrogen) atoms. The molecule has 2 nitrogen and oxygen atoms in total. The van der Waals surface area contributed by atoms with Gasteiger partial charge in [-0.1, -0.05) is 13.3 Å². The molecule has 0 saturated heterocycles. The molecule has 0 aromatic rings. The minimum Gasteiger partial charge on any atom is -0.481 e. The fourth-order valence-electron chi connectivity index (χ4n) is 2.91. The zero-order valence-electron chi connectivity index (χ0n) is 8.25. The van der Waals surface area contributed by atoms with Crippen LogP contribution in [0.3, 0.4) is 0 Å². The molecule has 2 aliphatic carbocycles. The Kier molecular flexibility index (Phi) is 2.09. The lowest BCUT2D eigenvalue weighted by Gasteiger charge is -2.28. The first-order valence-electron chi connectivity index (χ1n) is 5.41. The van der Waals surface area contributed by atoms with E-state index in [4.69, 9.17) is 5.11 Å². The highest BCUT2D eigenvalue weighted by Crippen LogP contribution is 2.62. The molecule has 0 amide bonds. The average Bonchev–Trinajstić information content (AvgIpc) is 2.82. The summed E-state index contributed by atoms with van der Waals surface area (Å²) in [6.45, 7) is 2.24. The third kappa shape index (κ3) is 1.47. The van der Waals surface area contributed by atoms with Gasteiger partial charge in [-0.3, -0.25) is 4.79 Å². The van der Waals surface area contributed by atoms with Crippen LogP contribution < -0.4 is 0 Å². The zero-order chi connectivity index (χ0) is 9.47. The third-order valence-corrected chi connectivity index (χ3v) is 4.17. The Morgan fingerprint density at radius 2 is 2.08 bits per heavy atom. The number of aliphatic carboxylic acids is 1. The summed E-state index contributed by atoms with van der Waals surface area (Å²) < 4.78 is 0. The monoisotopic (exact) mass is 182 g/mol. The quantitative estimate of drug-likeness (QED) is 0.713. The van der Waals surface area contributed by atoms with Crippen LogP contribution in [0.5, 0.6) is 0 Å². The highest BCUT2D eigenvalue weighted by molar-refractivity contribution is 5.74. The summed E-state index contributed by atoms with van der Waals surface area (Å²) in [5.41, 5.74) is 0.248. The SMILES string of the molecule is CCC1CCC2(CC1)C[C@H]2C(=O)O. The molecule has 1 N–H and O–H groups in total. The minimum atomic E-state index is -0.560. The first-order valence-corrected chi connectivity index (χ1v) is 5.41. The van der Waals surface area contributed by atoms with Crippen LogP contribution >= 0.6 is 0 Å². The maximum Gasteiger partial charge on any atom is 0.307 e. The minimum absolute atomic E-state index is 0.00491. The van der Waals surface area contributed by atoms with Crippen molar-refractivity contribution < 1.29 is 9.90 Å². The molecule has 0 aromatic carbocycles. The van der Waals surface area contributed by atoms with E-state index in [1.807, 2.05) is 0 Å². The Bertz CT molecular complexity index is 214. The van der Waals surface area contributed by atoms with E-state index in [2.05, 4.69) is 6.92 Å². The maximum absolute atomic E-state index is 10.8. The average molecular weight is 182 g/mol. The second kappa shape index (κ2) is 3.00. The van der Waals surface area contributed by atoms with Gasteiger partial charge < -0.3 is 5.11 Å². The van der Waals surface area contributed by atoms with E-state index >= 15 is 0 Å². The molecule has 0 aromatic heterocycles. The smallest absolute Gasteiger partial charge is 0.307 e. The highest BCUT2D eigenvalue weighted by Gasteiger charge is 2.58. The molecule has 0 bridgehead atoms. The molecular formula is C11H18O2. The predicted molar refractivity (Wildman–Crippen MR) is 50.4 cm³/mol. The fraction of sp³-hybridized carbons (Fsp3) is 0.909. The van der Waals surface area contributed by atoms with Crippen molar-refractivity contribution in [2.45, 2.75) is 45.4 Å². The van der Waals surface area contributed by atoms with Crippen molar-refractivity contribution in [3.8, 4) is 0 Å². The molecule has 0 radical (unpaired) electrons. The lowest BCUT2D eigenvalue weighted by Crippen LogP contribution is -2.19. The van der Waals surface area contributed by atoms with E-state index in [-0.39, 0.29) is 11.3 Å². The summed E-state index contributed by atoms with van der Waals surface area (Å²) in [7, 11) is 0.